The summed E-state index contributed by atoms with van der Waals surface area (Å²) < 4.78 is 1.33. The molecular weight excluding hydrogens is 375 g/mol. The van der Waals surface area contributed by atoms with E-state index >= 15 is 0 Å². The molecule has 8 heteroatoms. The molecule has 2 heterocycles. The average Bonchev–Trinajstić information content (AvgIpc) is 2.34. The Morgan fingerprint density at radius 3 is 2.59 bits per heavy atom. The summed E-state index contributed by atoms with van der Waals surface area (Å²) in [6.45, 7) is 1.21. The summed E-state index contributed by atoms with van der Waals surface area (Å²) in [4.78, 5) is 24.9. The molecule has 1 saturated heterocycles. The van der Waals surface area contributed by atoms with Crippen molar-refractivity contribution in [2.45, 2.75) is 12.8 Å². The Morgan fingerprint density at radius 1 is 1.35 bits per heavy atom. The first-order chi connectivity index (χ1) is 8.13. The number of carbonyl (C=O) groups excluding carboxylic acids is 1. The van der Waals surface area contributed by atoms with E-state index in [1.165, 1.54) is 4.45 Å². The highest BCUT2D eigenvalue weighted by Crippen LogP contribution is 2.26. The molecule has 0 spiro atoms. The van der Waals surface area contributed by atoms with Gasteiger partial charge in [-0.25, -0.2) is 4.45 Å². The predicted molar refractivity (Wildman–Crippen MR) is 77.7 cm³/mol. The maximum atomic E-state index is 11.8. The summed E-state index contributed by atoms with van der Waals surface area (Å²) in [7, 11) is 0. The zero-order valence-electron chi connectivity index (χ0n) is 8.82. The van der Waals surface area contributed by atoms with Gasteiger partial charge in [-0.15, -0.1) is 0 Å². The van der Waals surface area contributed by atoms with E-state index in [0.29, 0.717) is 31.6 Å². The Morgan fingerprint density at radius 2 is 2.00 bits per heavy atom. The molecule has 0 saturated carbocycles. The molecule has 5 nitrogen and oxygen atoms in total. The molecule has 1 unspecified atom stereocenters. The number of halogens is 2. The van der Waals surface area contributed by atoms with Crippen LogP contribution in [0.25, 0.3) is 0 Å². The van der Waals surface area contributed by atoms with Crippen molar-refractivity contribution in [1.82, 2.24) is 9.55 Å². The van der Waals surface area contributed by atoms with Gasteiger partial charge in [0, 0.05) is 25.9 Å². The van der Waals surface area contributed by atoms with Gasteiger partial charge in [-0.1, -0.05) is 11.6 Å². The summed E-state index contributed by atoms with van der Waals surface area (Å²) in [5, 5.41) is 4.24. The lowest BCUT2D eigenvalue weighted by molar-refractivity contribution is -0.119. The summed E-state index contributed by atoms with van der Waals surface area (Å²) in [6.07, 6.45) is 2.85. The second kappa shape index (κ2) is 5.63. The molecule has 0 radical (unpaired) electrons. The fraction of sp³-hybridized carbons (Fsp3) is 0.444. The van der Waals surface area contributed by atoms with Crippen LogP contribution < -0.4 is 10.5 Å². The van der Waals surface area contributed by atoms with E-state index in [9.17, 15) is 9.59 Å². The molecule has 1 aromatic rings. The molecular formula is C9H10ClIN3O2P. The van der Waals surface area contributed by atoms with Gasteiger partial charge in [0.1, 0.15) is 10.8 Å². The largest absolute Gasteiger partial charge is 0.368 e. The van der Waals surface area contributed by atoms with E-state index in [-0.39, 0.29) is 22.7 Å². The standard InChI is InChI=1S/C9H10ClIN3O2P/c10-8-7(5-12-14(17-11)9(8)16)13-3-1-6(15)2-4-13/h5,17H,1-4H2. The highest BCUT2D eigenvalue weighted by molar-refractivity contribution is 14.2. The van der Waals surface area contributed by atoms with Gasteiger partial charge >= 0.3 is 0 Å². The van der Waals surface area contributed by atoms with Crippen molar-refractivity contribution in [3.05, 3.63) is 21.6 Å². The second-order valence-corrected chi connectivity index (χ2v) is 6.09. The van der Waals surface area contributed by atoms with Crippen LogP contribution in [0.2, 0.25) is 5.02 Å². The van der Waals surface area contributed by atoms with Crippen LogP contribution in [0.5, 0.6) is 0 Å². The first-order valence-corrected chi connectivity index (χ1v) is 9.48. The third kappa shape index (κ3) is 2.80. The molecule has 1 fully saturated rings. The van der Waals surface area contributed by atoms with Crippen molar-refractivity contribution in [2.75, 3.05) is 18.0 Å². The van der Waals surface area contributed by atoms with Crippen molar-refractivity contribution < 1.29 is 4.79 Å². The van der Waals surface area contributed by atoms with Crippen molar-refractivity contribution in [2.24, 2.45) is 0 Å². The molecule has 1 aliphatic rings. The van der Waals surface area contributed by atoms with Crippen LogP contribution in [-0.4, -0.2) is 28.4 Å². The zero-order chi connectivity index (χ0) is 12.4. The number of piperidine rings is 1. The number of Topliss-reactive ketones (excluding diaryl/α,β-unsaturated/α-hetero) is 1. The minimum atomic E-state index is -0.270. The fourth-order valence-corrected chi connectivity index (χ4v) is 3.34. The second-order valence-electron chi connectivity index (χ2n) is 3.67. The Hall–Kier alpha value is -0.200. The van der Waals surface area contributed by atoms with Crippen LogP contribution >= 0.6 is 40.0 Å². The van der Waals surface area contributed by atoms with E-state index in [0.717, 1.165) is 0 Å². The van der Waals surface area contributed by atoms with Gasteiger partial charge in [0.05, 0.1) is 18.3 Å². The molecule has 1 aromatic heterocycles. The maximum Gasteiger partial charge on any atom is 0.291 e. The Balaban J connectivity index is 2.31. The van der Waals surface area contributed by atoms with Gasteiger partial charge in [0.25, 0.3) is 5.56 Å². The molecule has 0 N–H and O–H groups in total. The number of aromatic nitrogens is 2. The molecule has 0 amide bonds. The lowest BCUT2D eigenvalue weighted by Crippen LogP contribution is -2.35. The van der Waals surface area contributed by atoms with Gasteiger partial charge in [0.15, 0.2) is 0 Å². The van der Waals surface area contributed by atoms with E-state index < -0.39 is 0 Å². The summed E-state index contributed by atoms with van der Waals surface area (Å²) in [5.74, 6) is 0.257. The van der Waals surface area contributed by atoms with Crippen molar-refractivity contribution in [3.8, 4) is 0 Å². The quantitative estimate of drug-likeness (QED) is 0.576. The molecule has 17 heavy (non-hydrogen) atoms. The lowest BCUT2D eigenvalue weighted by atomic mass is 10.1. The van der Waals surface area contributed by atoms with Crippen molar-refractivity contribution in [3.63, 3.8) is 0 Å². The summed E-state index contributed by atoms with van der Waals surface area (Å²) in [5.41, 5.74) is 0.365. The molecule has 0 bridgehead atoms. The van der Waals surface area contributed by atoms with Gasteiger partial charge in [-0.05, 0) is 22.0 Å². The van der Waals surface area contributed by atoms with E-state index in [2.05, 4.69) is 27.1 Å². The van der Waals surface area contributed by atoms with Crippen LogP contribution in [0.4, 0.5) is 5.69 Å². The minimum Gasteiger partial charge on any atom is -0.368 e. The minimum absolute atomic E-state index is 0.193. The predicted octanol–water partition coefficient (Wildman–Crippen LogP) is 1.86. The van der Waals surface area contributed by atoms with Gasteiger partial charge < -0.3 is 4.90 Å². The monoisotopic (exact) mass is 385 g/mol. The highest BCUT2D eigenvalue weighted by atomic mass is 127. The summed E-state index contributed by atoms with van der Waals surface area (Å²) in [6, 6.07) is 0. The molecule has 2 rings (SSSR count). The van der Waals surface area contributed by atoms with Crippen molar-refractivity contribution >= 4 is 51.5 Å². The molecule has 0 aliphatic carbocycles. The summed E-state index contributed by atoms with van der Waals surface area (Å²) >= 11 is 8.12. The normalized spacial score (nSPS) is 17.1. The van der Waals surface area contributed by atoms with Gasteiger partial charge in [0.2, 0.25) is 0 Å². The Bertz CT molecular complexity index is 498. The van der Waals surface area contributed by atoms with Crippen molar-refractivity contribution in [1.29, 1.82) is 0 Å². The highest BCUT2D eigenvalue weighted by Gasteiger charge is 2.20. The Labute approximate surface area is 118 Å². The van der Waals surface area contributed by atoms with E-state index in [1.54, 1.807) is 6.20 Å². The SMILES string of the molecule is O=C1CCN(c2cnn(PI)c(=O)c2Cl)CC1. The molecule has 0 aromatic carbocycles. The fourth-order valence-electron chi connectivity index (χ4n) is 1.70. The van der Waals surface area contributed by atoms with Crippen LogP contribution in [-0.2, 0) is 4.79 Å². The number of nitrogens with zero attached hydrogens (tertiary/aromatic N) is 3. The van der Waals surface area contributed by atoms with Crippen LogP contribution in [0.15, 0.2) is 11.0 Å². The van der Waals surface area contributed by atoms with E-state index in [4.69, 9.17) is 11.6 Å². The lowest BCUT2D eigenvalue weighted by Gasteiger charge is -2.28. The zero-order valence-corrected chi connectivity index (χ0v) is 12.7. The number of hydrogen-bond acceptors (Lipinski definition) is 4. The first-order valence-electron chi connectivity index (χ1n) is 5.04. The number of anilines is 1. The number of ketones is 1. The number of hydrogen-bond donors (Lipinski definition) is 0. The van der Waals surface area contributed by atoms with Crippen LogP contribution in [0.3, 0.4) is 0 Å². The van der Waals surface area contributed by atoms with E-state index in [1.807, 2.05) is 4.90 Å². The topological polar surface area (TPSA) is 55.2 Å². The molecule has 1 aliphatic heterocycles. The smallest absolute Gasteiger partial charge is 0.291 e. The molecule has 92 valence electrons. The third-order valence-electron chi connectivity index (χ3n) is 2.64. The number of carbonyl (C=O) groups is 1. The number of rotatable bonds is 2. The Kier molecular flexibility index (Phi) is 4.38. The van der Waals surface area contributed by atoms with Crippen LogP contribution in [0.1, 0.15) is 12.8 Å². The van der Waals surface area contributed by atoms with Gasteiger partial charge in [-0.3, -0.25) is 9.59 Å². The van der Waals surface area contributed by atoms with Gasteiger partial charge in [-0.2, -0.15) is 5.10 Å². The molecule has 1 atom stereocenters. The first kappa shape index (κ1) is 13.2. The van der Waals surface area contributed by atoms with Crippen LogP contribution in [0, 0.1) is 0 Å². The maximum absolute atomic E-state index is 11.8. The average molecular weight is 386 g/mol. The third-order valence-corrected chi connectivity index (χ3v) is 4.85.